The molecule has 114 valence electrons. The van der Waals surface area contributed by atoms with Gasteiger partial charge in [0.1, 0.15) is 0 Å². The average molecular weight is 290 g/mol. The molecule has 0 aromatic heterocycles. The highest BCUT2D eigenvalue weighted by Crippen LogP contribution is 2.17. The van der Waals surface area contributed by atoms with E-state index in [2.05, 4.69) is 10.2 Å². The maximum Gasteiger partial charge on any atom is 0.341 e. The molecule has 1 aromatic carbocycles. The van der Waals surface area contributed by atoms with Crippen molar-refractivity contribution in [3.05, 3.63) is 29.3 Å². The predicted molar refractivity (Wildman–Crippen MR) is 84.4 cm³/mol. The number of anilines is 1. The topological polar surface area (TPSA) is 87.4 Å². The molecule has 0 aliphatic carbocycles. The summed E-state index contributed by atoms with van der Waals surface area (Å²) in [6.07, 6.45) is 0. The van der Waals surface area contributed by atoms with E-state index in [9.17, 15) is 4.79 Å². The number of guanidine groups is 1. The summed E-state index contributed by atoms with van der Waals surface area (Å²) >= 11 is 0. The summed E-state index contributed by atoms with van der Waals surface area (Å²) < 4.78 is 1.93. The molecule has 0 radical (unpaired) electrons. The number of carbonyl (C=O) groups is 1. The van der Waals surface area contributed by atoms with Gasteiger partial charge in [0, 0.05) is 18.8 Å². The second-order valence-electron chi connectivity index (χ2n) is 5.48. The van der Waals surface area contributed by atoms with E-state index in [4.69, 9.17) is 11.5 Å². The number of nitrogens with zero attached hydrogens (tertiary/aromatic N) is 2. The Morgan fingerprint density at radius 1 is 1.29 bits per heavy atom. The van der Waals surface area contributed by atoms with Gasteiger partial charge in [0.2, 0.25) is 5.91 Å². The number of aryl methyl sites for hydroxylation is 1. The number of benzene rings is 1. The van der Waals surface area contributed by atoms with Crippen molar-refractivity contribution < 1.29 is 9.37 Å². The highest BCUT2D eigenvalue weighted by molar-refractivity contribution is 5.93. The van der Waals surface area contributed by atoms with Gasteiger partial charge < -0.3 is 5.32 Å². The first kappa shape index (κ1) is 15.3. The van der Waals surface area contributed by atoms with Crippen LogP contribution in [0.4, 0.5) is 5.69 Å². The van der Waals surface area contributed by atoms with Crippen LogP contribution in [-0.4, -0.2) is 54.1 Å². The summed E-state index contributed by atoms with van der Waals surface area (Å²) in [6, 6.07) is 5.93. The highest BCUT2D eigenvalue weighted by atomic mass is 16.2. The van der Waals surface area contributed by atoms with Crippen molar-refractivity contribution in [3.63, 3.8) is 0 Å². The lowest BCUT2D eigenvalue weighted by Gasteiger charge is -2.27. The summed E-state index contributed by atoms with van der Waals surface area (Å²) in [5.41, 5.74) is 14.3. The zero-order valence-corrected chi connectivity index (χ0v) is 12.7. The van der Waals surface area contributed by atoms with Crippen molar-refractivity contribution in [1.29, 1.82) is 0 Å². The van der Waals surface area contributed by atoms with E-state index in [1.807, 2.05) is 36.6 Å². The van der Waals surface area contributed by atoms with Crippen LogP contribution in [0.1, 0.15) is 11.1 Å². The van der Waals surface area contributed by atoms with E-state index in [1.54, 1.807) is 0 Å². The van der Waals surface area contributed by atoms with Gasteiger partial charge >= 0.3 is 5.96 Å². The van der Waals surface area contributed by atoms with Crippen LogP contribution < -0.4 is 16.8 Å². The molecule has 6 heteroatoms. The van der Waals surface area contributed by atoms with Gasteiger partial charge in [-0.1, -0.05) is 12.1 Å². The van der Waals surface area contributed by atoms with Gasteiger partial charge in [-0.2, -0.15) is 0 Å². The molecule has 1 aromatic rings. The number of nitrogens with one attached hydrogen (secondary N) is 1. The molecule has 1 fully saturated rings. The van der Waals surface area contributed by atoms with Crippen molar-refractivity contribution in [1.82, 2.24) is 4.90 Å². The van der Waals surface area contributed by atoms with Gasteiger partial charge in [0.25, 0.3) is 0 Å². The third-order valence-corrected chi connectivity index (χ3v) is 3.98. The SMILES string of the molecule is Cc1cccc(NC(=O)CN2CC[N+](=C(N)N)CC2)c1C. The number of piperazine rings is 1. The molecule has 0 spiro atoms. The summed E-state index contributed by atoms with van der Waals surface area (Å²) in [5, 5.41) is 2.98. The van der Waals surface area contributed by atoms with E-state index in [-0.39, 0.29) is 5.91 Å². The fourth-order valence-electron chi connectivity index (χ4n) is 2.44. The highest BCUT2D eigenvalue weighted by Gasteiger charge is 2.19. The minimum absolute atomic E-state index is 0.0156. The van der Waals surface area contributed by atoms with Crippen LogP contribution in [0.25, 0.3) is 0 Å². The van der Waals surface area contributed by atoms with Crippen LogP contribution in [0.15, 0.2) is 18.2 Å². The lowest BCUT2D eigenvalue weighted by atomic mass is 10.1. The molecule has 6 nitrogen and oxygen atoms in total. The molecule has 0 bridgehead atoms. The van der Waals surface area contributed by atoms with Gasteiger partial charge in [0.15, 0.2) is 0 Å². The van der Waals surface area contributed by atoms with Crippen LogP contribution in [0, 0.1) is 13.8 Å². The molecular weight excluding hydrogens is 266 g/mol. The van der Waals surface area contributed by atoms with Gasteiger partial charge in [-0.05, 0) is 31.0 Å². The van der Waals surface area contributed by atoms with Crippen LogP contribution in [0.3, 0.4) is 0 Å². The molecule has 5 N–H and O–H groups in total. The second kappa shape index (κ2) is 6.58. The standard InChI is InChI=1S/C15H23N5O/c1-11-4-3-5-13(12(11)2)18-14(21)10-19-6-8-20(9-7-19)15(16)17/h3-5H,6-10H2,1-2H3,(H4,16,17,18,21)/p+1. The first-order valence-electron chi connectivity index (χ1n) is 7.18. The lowest BCUT2D eigenvalue weighted by Crippen LogP contribution is -2.49. The third kappa shape index (κ3) is 3.95. The Bertz CT molecular complexity index is 553. The fourth-order valence-corrected chi connectivity index (χ4v) is 2.44. The van der Waals surface area contributed by atoms with E-state index in [0.29, 0.717) is 12.5 Å². The summed E-state index contributed by atoms with van der Waals surface area (Å²) in [4.78, 5) is 14.2. The van der Waals surface area contributed by atoms with Crippen molar-refractivity contribution in [3.8, 4) is 0 Å². The number of nitrogens with two attached hydrogens (primary N) is 2. The number of amides is 1. The van der Waals surface area contributed by atoms with E-state index < -0.39 is 0 Å². The van der Waals surface area contributed by atoms with Gasteiger partial charge in [-0.15, -0.1) is 0 Å². The average Bonchev–Trinajstić information content (AvgIpc) is 2.44. The van der Waals surface area contributed by atoms with Crippen molar-refractivity contribution in [2.45, 2.75) is 13.8 Å². The van der Waals surface area contributed by atoms with Crippen LogP contribution >= 0.6 is 0 Å². The molecule has 1 heterocycles. The molecular formula is C15H24N5O+. The van der Waals surface area contributed by atoms with Gasteiger partial charge in [-0.3, -0.25) is 25.7 Å². The van der Waals surface area contributed by atoms with E-state index >= 15 is 0 Å². The Morgan fingerprint density at radius 3 is 2.57 bits per heavy atom. The summed E-state index contributed by atoms with van der Waals surface area (Å²) in [6.45, 7) is 7.56. The molecule has 1 aliphatic rings. The van der Waals surface area contributed by atoms with E-state index in [0.717, 1.165) is 37.4 Å². The van der Waals surface area contributed by atoms with Crippen molar-refractivity contribution >= 4 is 17.6 Å². The minimum Gasteiger partial charge on any atom is -0.325 e. The zero-order valence-electron chi connectivity index (χ0n) is 12.7. The summed E-state index contributed by atoms with van der Waals surface area (Å²) in [5.74, 6) is 0.372. The first-order valence-corrected chi connectivity index (χ1v) is 7.18. The smallest absolute Gasteiger partial charge is 0.325 e. The number of rotatable bonds is 3. The zero-order chi connectivity index (χ0) is 15.4. The normalized spacial score (nSPS) is 15.8. The summed E-state index contributed by atoms with van der Waals surface area (Å²) in [7, 11) is 0. The predicted octanol–water partition coefficient (Wildman–Crippen LogP) is -0.157. The van der Waals surface area contributed by atoms with Crippen molar-refractivity contribution in [2.24, 2.45) is 11.5 Å². The Kier molecular flexibility index (Phi) is 4.80. The number of carbonyl (C=O) groups excluding carboxylic acids is 1. The van der Waals surface area contributed by atoms with Crippen LogP contribution in [0.5, 0.6) is 0 Å². The molecule has 1 amide bonds. The molecule has 21 heavy (non-hydrogen) atoms. The first-order chi connectivity index (χ1) is 9.97. The fraction of sp³-hybridized carbons (Fsp3) is 0.467. The Labute approximate surface area is 125 Å². The van der Waals surface area contributed by atoms with Crippen molar-refractivity contribution in [2.75, 3.05) is 38.0 Å². The molecule has 1 saturated heterocycles. The quantitative estimate of drug-likeness (QED) is 0.533. The second-order valence-corrected chi connectivity index (χ2v) is 5.48. The monoisotopic (exact) mass is 290 g/mol. The molecule has 1 aliphatic heterocycles. The maximum atomic E-state index is 12.1. The van der Waals surface area contributed by atoms with Crippen LogP contribution in [0.2, 0.25) is 0 Å². The largest absolute Gasteiger partial charge is 0.341 e. The van der Waals surface area contributed by atoms with Gasteiger partial charge in [-0.25, -0.2) is 0 Å². The third-order valence-electron chi connectivity index (χ3n) is 3.98. The molecule has 0 unspecified atom stereocenters. The maximum absolute atomic E-state index is 12.1. The molecule has 2 rings (SSSR count). The lowest BCUT2D eigenvalue weighted by molar-refractivity contribution is -0.541. The van der Waals surface area contributed by atoms with Gasteiger partial charge in [0.05, 0.1) is 19.6 Å². The van der Waals surface area contributed by atoms with E-state index in [1.165, 1.54) is 5.56 Å². The molecule has 0 saturated carbocycles. The number of hydrogen-bond donors (Lipinski definition) is 3. The Balaban J connectivity index is 1.89. The Hall–Kier alpha value is -2.08. The molecule has 0 atom stereocenters. The Morgan fingerprint density at radius 2 is 1.95 bits per heavy atom. The number of hydrogen-bond acceptors (Lipinski definition) is 2. The minimum atomic E-state index is 0.0156. The van der Waals surface area contributed by atoms with Crippen LogP contribution in [-0.2, 0) is 4.79 Å².